The molecule has 1 unspecified atom stereocenters. The van der Waals surface area contributed by atoms with Crippen LogP contribution in [0.25, 0.3) is 0 Å². The molecule has 8 heteroatoms. The second kappa shape index (κ2) is 10.0. The van der Waals surface area contributed by atoms with Crippen LogP contribution in [0.15, 0.2) is 46.9 Å². The lowest BCUT2D eigenvalue weighted by molar-refractivity contribution is -0.128. The molecule has 0 radical (unpaired) electrons. The molecule has 0 bridgehead atoms. The molecule has 0 aliphatic rings. The molecule has 2 amide bonds. The maximum absolute atomic E-state index is 12.4. The lowest BCUT2D eigenvalue weighted by Crippen LogP contribution is -2.43. The van der Waals surface area contributed by atoms with Crippen LogP contribution >= 0.6 is 23.1 Å². The number of nitrogens with one attached hydrogen (secondary N) is 1. The van der Waals surface area contributed by atoms with Crippen molar-refractivity contribution in [3.8, 4) is 5.75 Å². The van der Waals surface area contributed by atoms with Crippen molar-refractivity contribution in [1.29, 1.82) is 0 Å². The molecule has 1 N–H and O–H groups in total. The first kappa shape index (κ1) is 19.3. The molecule has 0 fully saturated rings. The number of thioether (sulfide) groups is 1. The van der Waals surface area contributed by atoms with Gasteiger partial charge in [0, 0.05) is 18.6 Å². The standard InChI is InChI=1S/C17H21N3O3S2/c1-20-9-11-25-17(20)19-16(22)14(8-10-24-2)18-15(21)12-23-13-6-4-3-5-7-13/h3-7,9,11,14H,8,10,12H2,1-2H3,(H,18,21). The molecule has 1 heterocycles. The predicted octanol–water partition coefficient (Wildman–Crippen LogP) is 1.83. The molecule has 1 aromatic heterocycles. The van der Waals surface area contributed by atoms with Crippen molar-refractivity contribution in [2.75, 3.05) is 18.6 Å². The number of carbonyl (C=O) groups is 2. The monoisotopic (exact) mass is 379 g/mol. The Morgan fingerprint density at radius 3 is 2.76 bits per heavy atom. The van der Waals surface area contributed by atoms with Gasteiger partial charge in [0.25, 0.3) is 11.8 Å². The summed E-state index contributed by atoms with van der Waals surface area (Å²) in [5.41, 5.74) is 0. The Bertz CT molecular complexity index is 756. The summed E-state index contributed by atoms with van der Waals surface area (Å²) < 4.78 is 7.19. The van der Waals surface area contributed by atoms with Crippen LogP contribution in [0.2, 0.25) is 0 Å². The Kier molecular flexibility index (Phi) is 7.75. The Balaban J connectivity index is 1.98. The molecule has 2 aromatic rings. The molecule has 0 saturated carbocycles. The van der Waals surface area contributed by atoms with E-state index in [9.17, 15) is 9.59 Å². The molecule has 134 valence electrons. The van der Waals surface area contributed by atoms with Crippen LogP contribution < -0.4 is 14.9 Å². The van der Waals surface area contributed by atoms with Crippen molar-refractivity contribution in [2.24, 2.45) is 12.0 Å². The average molecular weight is 380 g/mol. The van der Waals surface area contributed by atoms with Gasteiger partial charge in [0.05, 0.1) is 0 Å². The molecule has 0 saturated heterocycles. The molecule has 0 aliphatic carbocycles. The van der Waals surface area contributed by atoms with E-state index in [4.69, 9.17) is 4.74 Å². The van der Waals surface area contributed by atoms with Crippen LogP contribution in [-0.4, -0.2) is 41.0 Å². The van der Waals surface area contributed by atoms with Crippen molar-refractivity contribution in [3.05, 3.63) is 46.7 Å². The highest BCUT2D eigenvalue weighted by Gasteiger charge is 2.20. The lowest BCUT2D eigenvalue weighted by atomic mass is 10.2. The fraction of sp³-hybridized carbons (Fsp3) is 0.353. The second-order valence-electron chi connectivity index (χ2n) is 5.25. The van der Waals surface area contributed by atoms with E-state index in [1.54, 1.807) is 28.5 Å². The van der Waals surface area contributed by atoms with E-state index >= 15 is 0 Å². The summed E-state index contributed by atoms with van der Waals surface area (Å²) in [5, 5.41) is 4.58. The first-order valence-corrected chi connectivity index (χ1v) is 10.0. The Morgan fingerprint density at radius 2 is 2.12 bits per heavy atom. The predicted molar refractivity (Wildman–Crippen MR) is 101 cm³/mol. The van der Waals surface area contributed by atoms with Gasteiger partial charge in [-0.1, -0.05) is 18.2 Å². The minimum absolute atomic E-state index is 0.139. The van der Waals surface area contributed by atoms with Crippen molar-refractivity contribution in [1.82, 2.24) is 9.88 Å². The van der Waals surface area contributed by atoms with Gasteiger partial charge < -0.3 is 14.6 Å². The van der Waals surface area contributed by atoms with Gasteiger partial charge in [-0.05, 0) is 30.6 Å². The van der Waals surface area contributed by atoms with Crippen LogP contribution in [0.4, 0.5) is 0 Å². The van der Waals surface area contributed by atoms with Gasteiger partial charge in [0.2, 0.25) is 0 Å². The third-order valence-corrected chi connectivity index (χ3v) is 4.81. The number of hydrogen-bond donors (Lipinski definition) is 1. The third kappa shape index (κ3) is 6.39. The number of para-hydroxylation sites is 1. The van der Waals surface area contributed by atoms with Crippen LogP contribution in [-0.2, 0) is 16.6 Å². The second-order valence-corrected chi connectivity index (χ2v) is 7.11. The van der Waals surface area contributed by atoms with E-state index in [0.717, 1.165) is 5.75 Å². The number of nitrogens with zero attached hydrogens (tertiary/aromatic N) is 2. The molecular weight excluding hydrogens is 358 g/mol. The number of benzene rings is 1. The number of thiazole rings is 1. The highest BCUT2D eigenvalue weighted by molar-refractivity contribution is 7.98. The van der Waals surface area contributed by atoms with E-state index in [1.165, 1.54) is 11.3 Å². The number of amides is 2. The van der Waals surface area contributed by atoms with E-state index in [1.807, 2.05) is 43.1 Å². The number of aryl methyl sites for hydroxylation is 1. The van der Waals surface area contributed by atoms with Crippen molar-refractivity contribution >= 4 is 34.9 Å². The molecule has 6 nitrogen and oxygen atoms in total. The summed E-state index contributed by atoms with van der Waals surface area (Å²) in [5.74, 6) is 0.677. The zero-order valence-corrected chi connectivity index (χ0v) is 15.8. The maximum Gasteiger partial charge on any atom is 0.270 e. The first-order chi connectivity index (χ1) is 12.1. The first-order valence-electron chi connectivity index (χ1n) is 7.75. The summed E-state index contributed by atoms with van der Waals surface area (Å²) in [4.78, 5) is 29.3. The number of hydrogen-bond acceptors (Lipinski definition) is 5. The lowest BCUT2D eigenvalue weighted by Gasteiger charge is -2.15. The van der Waals surface area contributed by atoms with Crippen molar-refractivity contribution in [3.63, 3.8) is 0 Å². The Hall–Kier alpha value is -2.06. The van der Waals surface area contributed by atoms with Crippen molar-refractivity contribution in [2.45, 2.75) is 12.5 Å². The van der Waals surface area contributed by atoms with Crippen LogP contribution in [0.1, 0.15) is 6.42 Å². The van der Waals surface area contributed by atoms with Gasteiger partial charge >= 0.3 is 0 Å². The summed E-state index contributed by atoms with van der Waals surface area (Å²) in [6, 6.07) is 8.43. The van der Waals surface area contributed by atoms with Gasteiger partial charge in [-0.2, -0.15) is 16.8 Å². The van der Waals surface area contributed by atoms with E-state index in [0.29, 0.717) is 17.0 Å². The fourth-order valence-electron chi connectivity index (χ4n) is 2.00. The average Bonchev–Trinajstić information content (AvgIpc) is 3.02. The SMILES string of the molecule is CSCCC(NC(=O)COc1ccccc1)C(=O)N=c1sccn1C. The molecular formula is C17H21N3O3S2. The van der Waals surface area contributed by atoms with E-state index in [-0.39, 0.29) is 18.4 Å². The smallest absolute Gasteiger partial charge is 0.270 e. The Labute approximate surface area is 154 Å². The van der Waals surface area contributed by atoms with Gasteiger partial charge in [-0.25, -0.2) is 0 Å². The molecule has 2 rings (SSSR count). The van der Waals surface area contributed by atoms with Crippen molar-refractivity contribution < 1.29 is 14.3 Å². The minimum atomic E-state index is -0.651. The minimum Gasteiger partial charge on any atom is -0.484 e. The normalized spacial score (nSPS) is 12.6. The fourth-order valence-corrected chi connectivity index (χ4v) is 3.21. The number of ether oxygens (including phenoxy) is 1. The number of carbonyl (C=O) groups excluding carboxylic acids is 2. The molecule has 0 aliphatic heterocycles. The molecule has 0 spiro atoms. The topological polar surface area (TPSA) is 72.7 Å². The van der Waals surface area contributed by atoms with Gasteiger partial charge in [0.1, 0.15) is 11.8 Å². The summed E-state index contributed by atoms with van der Waals surface area (Å²) in [6.45, 7) is -0.139. The van der Waals surface area contributed by atoms with Crippen LogP contribution in [0.3, 0.4) is 0 Å². The molecule has 1 aromatic carbocycles. The summed E-state index contributed by atoms with van der Waals surface area (Å²) in [7, 11) is 1.83. The summed E-state index contributed by atoms with van der Waals surface area (Å²) >= 11 is 3.00. The third-order valence-electron chi connectivity index (χ3n) is 3.32. The maximum atomic E-state index is 12.4. The zero-order valence-electron chi connectivity index (χ0n) is 14.2. The van der Waals surface area contributed by atoms with E-state index < -0.39 is 6.04 Å². The van der Waals surface area contributed by atoms with Crippen LogP contribution in [0.5, 0.6) is 5.75 Å². The largest absolute Gasteiger partial charge is 0.484 e. The number of aromatic nitrogens is 1. The van der Waals surface area contributed by atoms with E-state index in [2.05, 4.69) is 10.3 Å². The van der Waals surface area contributed by atoms with Crippen LogP contribution in [0, 0.1) is 0 Å². The number of rotatable bonds is 8. The Morgan fingerprint density at radius 1 is 1.36 bits per heavy atom. The molecule has 25 heavy (non-hydrogen) atoms. The zero-order chi connectivity index (χ0) is 18.1. The van der Waals surface area contributed by atoms with Gasteiger partial charge in [0.15, 0.2) is 11.4 Å². The van der Waals surface area contributed by atoms with Gasteiger partial charge in [-0.15, -0.1) is 11.3 Å². The summed E-state index contributed by atoms with van der Waals surface area (Å²) in [6.07, 6.45) is 4.31. The highest BCUT2D eigenvalue weighted by atomic mass is 32.2. The highest BCUT2D eigenvalue weighted by Crippen LogP contribution is 2.08. The quantitative estimate of drug-likeness (QED) is 0.760. The molecule has 1 atom stereocenters. The van der Waals surface area contributed by atoms with Gasteiger partial charge in [-0.3, -0.25) is 9.59 Å².